The Bertz CT molecular complexity index is 598. The molecule has 3 rings (SSSR count). The summed E-state index contributed by atoms with van der Waals surface area (Å²) in [6.07, 6.45) is 12.6. The highest BCUT2D eigenvalue weighted by Crippen LogP contribution is 2.33. The van der Waals surface area contributed by atoms with Crippen LogP contribution in [0.5, 0.6) is 0 Å². The number of rotatable bonds is 5. The third kappa shape index (κ3) is 4.43. The van der Waals surface area contributed by atoms with E-state index in [0.717, 1.165) is 32.5 Å². The maximum atomic E-state index is 9.04. The molecule has 1 aromatic rings. The number of allylic oxidation sites excluding steroid dienone is 3. The van der Waals surface area contributed by atoms with Crippen LogP contribution in [0.4, 0.5) is 0 Å². The van der Waals surface area contributed by atoms with E-state index >= 15 is 0 Å². The van der Waals surface area contributed by atoms with Gasteiger partial charge >= 0.3 is 0 Å². The van der Waals surface area contributed by atoms with E-state index in [-0.39, 0.29) is 6.61 Å². The molecule has 0 atom stereocenters. The molecule has 0 fully saturated rings. The summed E-state index contributed by atoms with van der Waals surface area (Å²) in [7, 11) is 0. The maximum absolute atomic E-state index is 9.04. The van der Waals surface area contributed by atoms with Gasteiger partial charge in [0.15, 0.2) is 0 Å². The van der Waals surface area contributed by atoms with Crippen LogP contribution in [0, 0.1) is 0 Å². The lowest BCUT2D eigenvalue weighted by molar-refractivity contribution is 0.286. The van der Waals surface area contributed by atoms with Crippen molar-refractivity contribution in [1.29, 1.82) is 0 Å². The highest BCUT2D eigenvalue weighted by atomic mass is 16.2. The van der Waals surface area contributed by atoms with Gasteiger partial charge in [0.2, 0.25) is 0 Å². The lowest BCUT2D eigenvalue weighted by atomic mass is 9.84. The van der Waals surface area contributed by atoms with Crippen LogP contribution in [0.25, 0.3) is 0 Å². The van der Waals surface area contributed by atoms with E-state index in [1.54, 1.807) is 11.1 Å². The summed E-state index contributed by atoms with van der Waals surface area (Å²) < 4.78 is 0. The molecule has 2 heteroatoms. The van der Waals surface area contributed by atoms with E-state index in [1.165, 1.54) is 30.4 Å². The Morgan fingerprint density at radius 3 is 2.61 bits per heavy atom. The molecule has 1 N–H and O–H groups in total. The molecule has 0 saturated heterocycles. The van der Waals surface area contributed by atoms with Crippen molar-refractivity contribution in [2.45, 2.75) is 38.6 Å². The Labute approximate surface area is 139 Å². The summed E-state index contributed by atoms with van der Waals surface area (Å²) in [6.45, 7) is 3.37. The van der Waals surface area contributed by atoms with Gasteiger partial charge in [0, 0.05) is 19.6 Å². The largest absolute Gasteiger partial charge is 0.392 e. The number of aliphatic hydroxyl groups is 1. The first-order chi connectivity index (χ1) is 11.4. The zero-order valence-electron chi connectivity index (χ0n) is 13.9. The van der Waals surface area contributed by atoms with Crippen LogP contribution in [0.2, 0.25) is 0 Å². The molecule has 2 nitrogen and oxygen atoms in total. The minimum absolute atomic E-state index is 0.140. The topological polar surface area (TPSA) is 23.5 Å². The van der Waals surface area contributed by atoms with Crippen LogP contribution in [-0.4, -0.2) is 29.7 Å². The quantitative estimate of drug-likeness (QED) is 0.879. The second-order valence-electron chi connectivity index (χ2n) is 6.50. The van der Waals surface area contributed by atoms with Gasteiger partial charge in [-0.3, -0.25) is 4.90 Å². The van der Waals surface area contributed by atoms with Crippen molar-refractivity contribution in [2.75, 3.05) is 19.7 Å². The van der Waals surface area contributed by atoms with Crippen molar-refractivity contribution in [3.8, 4) is 0 Å². The number of hydrogen-bond donors (Lipinski definition) is 1. The average Bonchev–Trinajstić information content (AvgIpc) is 2.62. The smallest absolute Gasteiger partial charge is 0.0615 e. The van der Waals surface area contributed by atoms with E-state index in [1.807, 2.05) is 6.08 Å². The Morgan fingerprint density at radius 1 is 1.04 bits per heavy atom. The Balaban J connectivity index is 1.67. The van der Waals surface area contributed by atoms with Gasteiger partial charge < -0.3 is 5.11 Å². The van der Waals surface area contributed by atoms with Gasteiger partial charge in [-0.2, -0.15) is 0 Å². The molecule has 23 heavy (non-hydrogen) atoms. The molecule has 122 valence electrons. The first kappa shape index (κ1) is 16.2. The molecule has 0 bridgehead atoms. The second-order valence-corrected chi connectivity index (χ2v) is 6.50. The fraction of sp³-hybridized carbons (Fsp3) is 0.429. The van der Waals surface area contributed by atoms with Crippen LogP contribution in [0.3, 0.4) is 0 Å². The van der Waals surface area contributed by atoms with Crippen molar-refractivity contribution >= 4 is 0 Å². The lowest BCUT2D eigenvalue weighted by Crippen LogP contribution is -2.28. The fourth-order valence-electron chi connectivity index (χ4n) is 3.64. The number of hydrogen-bond acceptors (Lipinski definition) is 2. The fourth-order valence-corrected chi connectivity index (χ4v) is 3.64. The monoisotopic (exact) mass is 309 g/mol. The van der Waals surface area contributed by atoms with E-state index in [2.05, 4.69) is 47.4 Å². The van der Waals surface area contributed by atoms with E-state index in [9.17, 15) is 0 Å². The Hall–Kier alpha value is -1.64. The molecular weight excluding hydrogens is 282 g/mol. The van der Waals surface area contributed by atoms with Gasteiger partial charge in [0.25, 0.3) is 0 Å². The Kier molecular flexibility index (Phi) is 5.84. The van der Waals surface area contributed by atoms with E-state index in [0.29, 0.717) is 0 Å². The standard InChI is InChI=1S/C21H27NO/c23-16-6-10-19-9-4-5-11-21(19)20-12-14-22(15-13-20)17-18-7-2-1-3-8-18/h1-3,6-8,10,12,23H,4-5,9,11,13-17H2/b10-6+. The third-order valence-electron chi connectivity index (χ3n) is 4.86. The average molecular weight is 309 g/mol. The van der Waals surface area contributed by atoms with Crippen LogP contribution in [-0.2, 0) is 6.54 Å². The van der Waals surface area contributed by atoms with E-state index < -0.39 is 0 Å². The molecule has 1 aliphatic carbocycles. The number of nitrogens with zero attached hydrogens (tertiary/aromatic N) is 1. The molecular formula is C21H27NO. The van der Waals surface area contributed by atoms with Gasteiger partial charge in [-0.25, -0.2) is 0 Å². The van der Waals surface area contributed by atoms with Crippen molar-refractivity contribution in [3.63, 3.8) is 0 Å². The summed E-state index contributed by atoms with van der Waals surface area (Å²) in [4.78, 5) is 2.52. The SMILES string of the molecule is OC/C=C/C1=C(C2=CCN(Cc3ccccc3)CC2)CCCC1. The molecule has 0 aromatic heterocycles. The summed E-state index contributed by atoms with van der Waals surface area (Å²) in [5.74, 6) is 0. The maximum Gasteiger partial charge on any atom is 0.0615 e. The van der Waals surface area contributed by atoms with E-state index in [4.69, 9.17) is 5.11 Å². The minimum atomic E-state index is 0.140. The second kappa shape index (κ2) is 8.28. The van der Waals surface area contributed by atoms with Crippen molar-refractivity contribution < 1.29 is 5.11 Å². The highest BCUT2D eigenvalue weighted by Gasteiger charge is 2.18. The van der Waals surface area contributed by atoms with Gasteiger partial charge in [-0.1, -0.05) is 48.6 Å². The molecule has 1 aliphatic heterocycles. The van der Waals surface area contributed by atoms with Gasteiger partial charge in [0.1, 0.15) is 0 Å². The van der Waals surface area contributed by atoms with Crippen LogP contribution >= 0.6 is 0 Å². The van der Waals surface area contributed by atoms with Crippen molar-refractivity contribution in [3.05, 3.63) is 70.8 Å². The zero-order valence-corrected chi connectivity index (χ0v) is 13.9. The highest BCUT2D eigenvalue weighted by molar-refractivity contribution is 5.42. The third-order valence-corrected chi connectivity index (χ3v) is 4.86. The Morgan fingerprint density at radius 2 is 1.87 bits per heavy atom. The summed E-state index contributed by atoms with van der Waals surface area (Å²) in [5.41, 5.74) is 5.95. The number of benzene rings is 1. The first-order valence-corrected chi connectivity index (χ1v) is 8.82. The van der Waals surface area contributed by atoms with Crippen molar-refractivity contribution in [2.24, 2.45) is 0 Å². The zero-order chi connectivity index (χ0) is 15.9. The van der Waals surface area contributed by atoms with Crippen molar-refractivity contribution in [1.82, 2.24) is 4.90 Å². The summed E-state index contributed by atoms with van der Waals surface area (Å²) >= 11 is 0. The normalized spacial score (nSPS) is 20.1. The molecule has 1 heterocycles. The number of aliphatic hydroxyl groups excluding tert-OH is 1. The van der Waals surface area contributed by atoms with Crippen LogP contribution in [0.1, 0.15) is 37.7 Å². The molecule has 2 aliphatic rings. The molecule has 0 radical (unpaired) electrons. The van der Waals surface area contributed by atoms with Gasteiger partial charge in [0.05, 0.1) is 6.61 Å². The first-order valence-electron chi connectivity index (χ1n) is 8.82. The lowest BCUT2D eigenvalue weighted by Gasteiger charge is -2.29. The summed E-state index contributed by atoms with van der Waals surface area (Å²) in [5, 5.41) is 9.04. The summed E-state index contributed by atoms with van der Waals surface area (Å²) in [6, 6.07) is 10.7. The molecule has 0 spiro atoms. The predicted octanol–water partition coefficient (Wildman–Crippen LogP) is 4.24. The molecule has 1 aromatic carbocycles. The van der Waals surface area contributed by atoms with Gasteiger partial charge in [-0.15, -0.1) is 0 Å². The molecule has 0 saturated carbocycles. The minimum Gasteiger partial charge on any atom is -0.392 e. The molecule has 0 unspecified atom stereocenters. The predicted molar refractivity (Wildman–Crippen MR) is 96.1 cm³/mol. The van der Waals surface area contributed by atoms with Crippen LogP contribution in [0.15, 0.2) is 65.3 Å². The van der Waals surface area contributed by atoms with Crippen LogP contribution < -0.4 is 0 Å². The molecule has 0 amide bonds. The van der Waals surface area contributed by atoms with Gasteiger partial charge in [-0.05, 0) is 54.4 Å².